The molecular weight excluding hydrogens is 142 g/mol. The lowest BCUT2D eigenvalue weighted by Crippen LogP contribution is -2.20. The van der Waals surface area contributed by atoms with Crippen molar-refractivity contribution < 1.29 is 4.79 Å². The standard InChI is InChI=1S/C8H8NO2/c1-7(10)9(11)8-5-3-2-4-6-8/h2-6H,1H3/q-1. The van der Waals surface area contributed by atoms with Crippen molar-refractivity contribution in [1.82, 2.24) is 0 Å². The molecule has 0 saturated heterocycles. The molecule has 0 aromatic heterocycles. The van der Waals surface area contributed by atoms with Crippen molar-refractivity contribution in [3.63, 3.8) is 0 Å². The van der Waals surface area contributed by atoms with Crippen LogP contribution < -0.4 is 5.06 Å². The third kappa shape index (κ3) is 1.78. The van der Waals surface area contributed by atoms with Gasteiger partial charge in [0, 0.05) is 12.6 Å². The number of benzene rings is 1. The molecule has 11 heavy (non-hydrogen) atoms. The third-order valence-corrected chi connectivity index (χ3v) is 1.28. The van der Waals surface area contributed by atoms with E-state index in [1.54, 1.807) is 30.3 Å². The van der Waals surface area contributed by atoms with Gasteiger partial charge in [-0.3, -0.25) is 4.79 Å². The van der Waals surface area contributed by atoms with Crippen LogP contribution in [0.4, 0.5) is 5.69 Å². The first-order chi connectivity index (χ1) is 5.22. The quantitative estimate of drug-likeness (QED) is 0.570. The minimum absolute atomic E-state index is 0.361. The molecule has 0 spiro atoms. The fourth-order valence-corrected chi connectivity index (χ4v) is 0.745. The van der Waals surface area contributed by atoms with Gasteiger partial charge in [-0.2, -0.15) is 0 Å². The monoisotopic (exact) mass is 150 g/mol. The highest BCUT2D eigenvalue weighted by atomic mass is 16.5. The van der Waals surface area contributed by atoms with Gasteiger partial charge in [0.2, 0.25) is 5.91 Å². The zero-order valence-corrected chi connectivity index (χ0v) is 6.15. The zero-order valence-electron chi connectivity index (χ0n) is 6.15. The van der Waals surface area contributed by atoms with Gasteiger partial charge < -0.3 is 10.3 Å². The average Bonchev–Trinajstić information content (AvgIpc) is 2.05. The SMILES string of the molecule is CC(=O)N([O-])c1ccccc1. The van der Waals surface area contributed by atoms with Crippen LogP contribution in [0.5, 0.6) is 0 Å². The third-order valence-electron chi connectivity index (χ3n) is 1.28. The molecule has 0 aliphatic heterocycles. The molecule has 0 heterocycles. The Balaban J connectivity index is 2.85. The van der Waals surface area contributed by atoms with E-state index in [4.69, 9.17) is 0 Å². The summed E-state index contributed by atoms with van der Waals surface area (Å²) in [5.41, 5.74) is 0.375. The normalized spacial score (nSPS) is 9.27. The molecule has 0 bridgehead atoms. The van der Waals surface area contributed by atoms with Gasteiger partial charge in [-0.15, -0.1) is 0 Å². The fourth-order valence-electron chi connectivity index (χ4n) is 0.745. The van der Waals surface area contributed by atoms with Gasteiger partial charge >= 0.3 is 0 Å². The lowest BCUT2D eigenvalue weighted by atomic mass is 10.3. The van der Waals surface area contributed by atoms with Crippen molar-refractivity contribution in [1.29, 1.82) is 0 Å². The van der Waals surface area contributed by atoms with Crippen LogP contribution in [-0.2, 0) is 4.79 Å². The molecule has 0 saturated carbocycles. The van der Waals surface area contributed by atoms with Crippen LogP contribution in [0, 0.1) is 5.21 Å². The topological polar surface area (TPSA) is 43.4 Å². The predicted molar refractivity (Wildman–Crippen MR) is 43.0 cm³/mol. The van der Waals surface area contributed by atoms with E-state index in [0.717, 1.165) is 0 Å². The summed E-state index contributed by atoms with van der Waals surface area (Å²) in [6.07, 6.45) is 0. The van der Waals surface area contributed by atoms with E-state index in [2.05, 4.69) is 0 Å². The Morgan fingerprint density at radius 2 is 1.91 bits per heavy atom. The van der Waals surface area contributed by atoms with Gasteiger partial charge in [0.15, 0.2) is 0 Å². The summed E-state index contributed by atoms with van der Waals surface area (Å²) in [6, 6.07) is 8.40. The van der Waals surface area contributed by atoms with Crippen LogP contribution in [0.25, 0.3) is 0 Å². The largest absolute Gasteiger partial charge is 0.752 e. The van der Waals surface area contributed by atoms with Gasteiger partial charge in [0.05, 0.1) is 0 Å². The van der Waals surface area contributed by atoms with Gasteiger partial charge in [-0.25, -0.2) is 0 Å². The zero-order chi connectivity index (χ0) is 8.27. The Morgan fingerprint density at radius 3 is 2.36 bits per heavy atom. The smallest absolute Gasteiger partial charge is 0.213 e. The van der Waals surface area contributed by atoms with Crippen molar-refractivity contribution >= 4 is 11.6 Å². The van der Waals surface area contributed by atoms with Gasteiger partial charge in [-0.1, -0.05) is 18.2 Å². The molecule has 0 N–H and O–H groups in total. The summed E-state index contributed by atoms with van der Waals surface area (Å²) in [7, 11) is 0. The number of hydrogen-bond donors (Lipinski definition) is 0. The summed E-state index contributed by atoms with van der Waals surface area (Å²) in [5.74, 6) is -0.504. The molecule has 1 aromatic rings. The highest BCUT2D eigenvalue weighted by Crippen LogP contribution is 2.10. The second-order valence-electron chi connectivity index (χ2n) is 2.15. The van der Waals surface area contributed by atoms with E-state index in [1.807, 2.05) is 0 Å². The number of carbonyl (C=O) groups excluding carboxylic acids is 1. The maximum Gasteiger partial charge on any atom is 0.213 e. The maximum absolute atomic E-state index is 10.9. The summed E-state index contributed by atoms with van der Waals surface area (Å²) < 4.78 is 0. The van der Waals surface area contributed by atoms with Crippen molar-refractivity contribution in [3.8, 4) is 0 Å². The molecule has 1 amide bonds. The molecule has 3 nitrogen and oxygen atoms in total. The molecule has 1 rings (SSSR count). The minimum Gasteiger partial charge on any atom is -0.752 e. The number of amides is 1. The molecule has 58 valence electrons. The van der Waals surface area contributed by atoms with E-state index < -0.39 is 5.91 Å². The van der Waals surface area contributed by atoms with E-state index in [9.17, 15) is 10.0 Å². The summed E-state index contributed by atoms with van der Waals surface area (Å²) in [5, 5.41) is 11.3. The number of hydrogen-bond acceptors (Lipinski definition) is 2. The van der Waals surface area contributed by atoms with Crippen LogP contribution in [0.15, 0.2) is 30.3 Å². The van der Waals surface area contributed by atoms with Gasteiger partial charge in [-0.05, 0) is 12.1 Å². The highest BCUT2D eigenvalue weighted by molar-refractivity contribution is 5.91. The number of rotatable bonds is 1. The number of hydroxylamine groups is 1. The van der Waals surface area contributed by atoms with Crippen molar-refractivity contribution in [2.75, 3.05) is 5.06 Å². The molecule has 0 aliphatic carbocycles. The Kier molecular flexibility index (Phi) is 2.23. The van der Waals surface area contributed by atoms with Gasteiger partial charge in [0.1, 0.15) is 0 Å². The van der Waals surface area contributed by atoms with E-state index in [-0.39, 0.29) is 0 Å². The molecule has 1 aromatic carbocycles. The second-order valence-corrected chi connectivity index (χ2v) is 2.15. The first kappa shape index (κ1) is 7.75. The molecule has 0 unspecified atom stereocenters. The molecule has 3 heteroatoms. The summed E-state index contributed by atoms with van der Waals surface area (Å²) >= 11 is 0. The van der Waals surface area contributed by atoms with Crippen molar-refractivity contribution in [2.45, 2.75) is 6.92 Å². The first-order valence-electron chi connectivity index (χ1n) is 3.24. The summed E-state index contributed by atoms with van der Waals surface area (Å²) in [6.45, 7) is 1.24. The molecule has 0 aliphatic rings. The van der Waals surface area contributed by atoms with E-state index in [1.165, 1.54) is 6.92 Å². The Hall–Kier alpha value is -1.35. The Labute approximate surface area is 64.8 Å². The minimum atomic E-state index is -0.504. The van der Waals surface area contributed by atoms with Crippen LogP contribution in [-0.4, -0.2) is 5.91 Å². The van der Waals surface area contributed by atoms with E-state index in [0.29, 0.717) is 10.8 Å². The Bertz CT molecular complexity index is 246. The molecule has 0 atom stereocenters. The van der Waals surface area contributed by atoms with E-state index >= 15 is 0 Å². The number of carbonyl (C=O) groups is 1. The number of para-hydroxylation sites is 1. The fraction of sp³-hybridized carbons (Fsp3) is 0.125. The van der Waals surface area contributed by atoms with Crippen molar-refractivity contribution in [3.05, 3.63) is 35.5 Å². The predicted octanol–water partition coefficient (Wildman–Crippen LogP) is 1.54. The van der Waals surface area contributed by atoms with Gasteiger partial charge in [0.25, 0.3) is 0 Å². The van der Waals surface area contributed by atoms with Crippen LogP contribution in [0.1, 0.15) is 6.92 Å². The molecule has 0 radical (unpaired) electrons. The summed E-state index contributed by atoms with van der Waals surface area (Å²) in [4.78, 5) is 10.6. The maximum atomic E-state index is 10.9. The average molecular weight is 150 g/mol. The lowest BCUT2D eigenvalue weighted by Gasteiger charge is -2.26. The van der Waals surface area contributed by atoms with Crippen LogP contribution >= 0.6 is 0 Å². The molecular formula is C8H8NO2-. The first-order valence-corrected chi connectivity index (χ1v) is 3.24. The van der Waals surface area contributed by atoms with Crippen molar-refractivity contribution in [2.24, 2.45) is 0 Å². The number of nitrogens with zero attached hydrogens (tertiary/aromatic N) is 1. The lowest BCUT2D eigenvalue weighted by molar-refractivity contribution is -0.116. The van der Waals surface area contributed by atoms with Crippen LogP contribution in [0.3, 0.4) is 0 Å². The van der Waals surface area contributed by atoms with Crippen LogP contribution in [0.2, 0.25) is 0 Å². The second kappa shape index (κ2) is 3.16. The number of anilines is 1. The molecule has 0 fully saturated rings. The highest BCUT2D eigenvalue weighted by Gasteiger charge is 1.96. The Morgan fingerprint density at radius 1 is 1.36 bits per heavy atom.